The van der Waals surface area contributed by atoms with Gasteiger partial charge in [-0.05, 0) is 6.07 Å². The minimum atomic E-state index is 0.719. The van der Waals surface area contributed by atoms with Crippen molar-refractivity contribution in [2.24, 2.45) is 0 Å². The van der Waals surface area contributed by atoms with Crippen molar-refractivity contribution in [3.8, 4) is 0 Å². The minimum absolute atomic E-state index is 0.719. The van der Waals surface area contributed by atoms with Gasteiger partial charge in [-0.25, -0.2) is 15.0 Å². The topological polar surface area (TPSA) is 66.5 Å². The molecule has 72 valence electrons. The predicted molar refractivity (Wildman–Crippen MR) is 51.2 cm³/mol. The molecule has 0 saturated heterocycles. The highest BCUT2D eigenvalue weighted by Gasteiger charge is 1.95. The van der Waals surface area contributed by atoms with Crippen LogP contribution in [0.4, 0.5) is 0 Å². The average Bonchev–Trinajstić information content (AvgIpc) is 2.72. The fourth-order valence-corrected chi connectivity index (χ4v) is 1.13. The van der Waals surface area contributed by atoms with E-state index in [1.54, 1.807) is 18.7 Å². The lowest BCUT2D eigenvalue weighted by Gasteiger charge is -2.00. The molecule has 0 radical (unpaired) electrons. The summed E-state index contributed by atoms with van der Waals surface area (Å²) >= 11 is 0. The quantitative estimate of drug-likeness (QED) is 0.734. The third-order valence-electron chi connectivity index (χ3n) is 1.80. The Morgan fingerprint density at radius 2 is 2.21 bits per heavy atom. The largest absolute Gasteiger partial charge is 0.348 e. The zero-order valence-corrected chi connectivity index (χ0v) is 7.64. The Morgan fingerprint density at radius 3 is 2.93 bits per heavy atom. The Morgan fingerprint density at radius 1 is 1.21 bits per heavy atom. The molecule has 0 fully saturated rings. The Kier molecular flexibility index (Phi) is 2.82. The summed E-state index contributed by atoms with van der Waals surface area (Å²) in [7, 11) is 0. The lowest BCUT2D eigenvalue weighted by atomic mass is 10.4. The van der Waals surface area contributed by atoms with Gasteiger partial charge in [0.15, 0.2) is 0 Å². The highest BCUT2D eigenvalue weighted by atomic mass is 15.0. The summed E-state index contributed by atoms with van der Waals surface area (Å²) in [4.78, 5) is 15.1. The van der Waals surface area contributed by atoms with Crippen molar-refractivity contribution in [1.29, 1.82) is 0 Å². The van der Waals surface area contributed by atoms with Gasteiger partial charge in [0.05, 0.1) is 12.2 Å². The summed E-state index contributed by atoms with van der Waals surface area (Å²) in [5.41, 5.74) is 0.978. The standard InChI is InChI=1S/C9H11N5/c1-2-10-7-14-8(1)5-11-6-9-12-3-4-13-9/h1-4,7,11H,5-6H2,(H,12,13). The van der Waals surface area contributed by atoms with Gasteiger partial charge >= 0.3 is 0 Å². The maximum absolute atomic E-state index is 4.10. The number of hydrogen-bond acceptors (Lipinski definition) is 4. The third kappa shape index (κ3) is 2.37. The van der Waals surface area contributed by atoms with Crippen LogP contribution in [0.3, 0.4) is 0 Å². The first-order valence-electron chi connectivity index (χ1n) is 4.39. The molecule has 0 amide bonds. The number of hydrogen-bond donors (Lipinski definition) is 2. The normalized spacial score (nSPS) is 10.3. The van der Waals surface area contributed by atoms with Crippen molar-refractivity contribution in [3.63, 3.8) is 0 Å². The van der Waals surface area contributed by atoms with Gasteiger partial charge in [-0.2, -0.15) is 0 Å². The molecule has 0 atom stereocenters. The number of aromatic nitrogens is 4. The van der Waals surface area contributed by atoms with Crippen LogP contribution in [0.5, 0.6) is 0 Å². The Labute approximate surface area is 81.6 Å². The molecule has 0 saturated carbocycles. The lowest BCUT2D eigenvalue weighted by Crippen LogP contribution is -2.14. The number of imidazole rings is 1. The van der Waals surface area contributed by atoms with Crippen LogP contribution in [0.2, 0.25) is 0 Å². The third-order valence-corrected chi connectivity index (χ3v) is 1.80. The highest BCUT2D eigenvalue weighted by Crippen LogP contribution is 1.92. The second-order valence-electron chi connectivity index (χ2n) is 2.84. The van der Waals surface area contributed by atoms with Gasteiger partial charge in [-0.3, -0.25) is 0 Å². The van der Waals surface area contributed by atoms with Crippen LogP contribution < -0.4 is 5.32 Å². The van der Waals surface area contributed by atoms with Crippen LogP contribution >= 0.6 is 0 Å². The molecule has 0 bridgehead atoms. The smallest absolute Gasteiger partial charge is 0.120 e. The summed E-state index contributed by atoms with van der Waals surface area (Å²) in [5.74, 6) is 0.930. The first kappa shape index (κ1) is 8.83. The molecule has 0 aliphatic rings. The van der Waals surface area contributed by atoms with Gasteiger partial charge in [0.2, 0.25) is 0 Å². The van der Waals surface area contributed by atoms with Crippen LogP contribution in [-0.2, 0) is 13.1 Å². The zero-order valence-electron chi connectivity index (χ0n) is 7.64. The molecule has 5 heteroatoms. The van der Waals surface area contributed by atoms with E-state index >= 15 is 0 Å². The van der Waals surface area contributed by atoms with E-state index in [2.05, 4.69) is 25.3 Å². The van der Waals surface area contributed by atoms with Crippen molar-refractivity contribution >= 4 is 0 Å². The van der Waals surface area contributed by atoms with Crippen molar-refractivity contribution in [2.75, 3.05) is 0 Å². The molecular formula is C9H11N5. The van der Waals surface area contributed by atoms with E-state index in [0.717, 1.165) is 24.6 Å². The van der Waals surface area contributed by atoms with E-state index in [0.29, 0.717) is 0 Å². The molecule has 14 heavy (non-hydrogen) atoms. The molecule has 0 unspecified atom stereocenters. The summed E-state index contributed by atoms with van der Waals surface area (Å²) in [6.07, 6.45) is 6.82. The number of nitrogens with one attached hydrogen (secondary N) is 2. The molecule has 0 aliphatic heterocycles. The van der Waals surface area contributed by atoms with E-state index < -0.39 is 0 Å². The van der Waals surface area contributed by atoms with Crippen molar-refractivity contribution < 1.29 is 0 Å². The van der Waals surface area contributed by atoms with E-state index in [1.165, 1.54) is 0 Å². The summed E-state index contributed by atoms with van der Waals surface area (Å²) in [5, 5.41) is 3.22. The molecule has 2 aromatic rings. The van der Waals surface area contributed by atoms with Gasteiger partial charge in [0.1, 0.15) is 12.2 Å². The van der Waals surface area contributed by atoms with Gasteiger partial charge < -0.3 is 10.3 Å². The van der Waals surface area contributed by atoms with Gasteiger partial charge in [0.25, 0.3) is 0 Å². The van der Waals surface area contributed by atoms with Gasteiger partial charge in [-0.1, -0.05) is 0 Å². The highest BCUT2D eigenvalue weighted by molar-refractivity contribution is 4.97. The summed E-state index contributed by atoms with van der Waals surface area (Å²) in [6, 6.07) is 1.88. The molecular weight excluding hydrogens is 178 g/mol. The molecule has 0 aromatic carbocycles. The number of nitrogens with zero attached hydrogens (tertiary/aromatic N) is 3. The van der Waals surface area contributed by atoms with Crippen LogP contribution in [-0.4, -0.2) is 19.9 Å². The Hall–Kier alpha value is -1.75. The van der Waals surface area contributed by atoms with Crippen LogP contribution in [0.1, 0.15) is 11.5 Å². The van der Waals surface area contributed by atoms with Crippen molar-refractivity contribution in [3.05, 3.63) is 42.5 Å². The van der Waals surface area contributed by atoms with Gasteiger partial charge in [0, 0.05) is 25.1 Å². The SMILES string of the molecule is c1cc(CNCc2ncc[nH]2)ncn1. The van der Waals surface area contributed by atoms with Crippen molar-refractivity contribution in [2.45, 2.75) is 13.1 Å². The maximum Gasteiger partial charge on any atom is 0.120 e. The fourth-order valence-electron chi connectivity index (χ4n) is 1.13. The monoisotopic (exact) mass is 189 g/mol. The molecule has 5 nitrogen and oxygen atoms in total. The summed E-state index contributed by atoms with van der Waals surface area (Å²) in [6.45, 7) is 1.44. The van der Waals surface area contributed by atoms with E-state index in [1.807, 2.05) is 12.3 Å². The second kappa shape index (κ2) is 4.48. The molecule has 2 heterocycles. The first-order valence-corrected chi connectivity index (χ1v) is 4.39. The molecule has 2 N–H and O–H groups in total. The predicted octanol–water partition coefficient (Wildman–Crippen LogP) is 0.489. The van der Waals surface area contributed by atoms with Crippen molar-refractivity contribution in [1.82, 2.24) is 25.3 Å². The van der Waals surface area contributed by atoms with Gasteiger partial charge in [-0.15, -0.1) is 0 Å². The number of H-pyrrole nitrogens is 1. The Balaban J connectivity index is 1.79. The number of rotatable bonds is 4. The van der Waals surface area contributed by atoms with Crippen LogP contribution in [0.15, 0.2) is 31.0 Å². The molecule has 0 aliphatic carbocycles. The van der Waals surface area contributed by atoms with E-state index in [-0.39, 0.29) is 0 Å². The van der Waals surface area contributed by atoms with E-state index in [9.17, 15) is 0 Å². The summed E-state index contributed by atoms with van der Waals surface area (Å²) < 4.78 is 0. The Bertz CT molecular complexity index is 356. The minimum Gasteiger partial charge on any atom is -0.348 e. The van der Waals surface area contributed by atoms with Crippen LogP contribution in [0, 0.1) is 0 Å². The zero-order chi connectivity index (χ0) is 9.64. The van der Waals surface area contributed by atoms with Crippen LogP contribution in [0.25, 0.3) is 0 Å². The fraction of sp³-hybridized carbons (Fsp3) is 0.222. The maximum atomic E-state index is 4.10. The molecule has 2 aromatic heterocycles. The molecule has 0 spiro atoms. The number of aromatic amines is 1. The second-order valence-corrected chi connectivity index (χ2v) is 2.84. The lowest BCUT2D eigenvalue weighted by molar-refractivity contribution is 0.656. The molecule has 2 rings (SSSR count). The first-order chi connectivity index (χ1) is 6.95. The average molecular weight is 189 g/mol. The van der Waals surface area contributed by atoms with E-state index in [4.69, 9.17) is 0 Å².